The highest BCUT2D eigenvalue weighted by Gasteiger charge is 2.53. The summed E-state index contributed by atoms with van der Waals surface area (Å²) in [5.74, 6) is 0. The Hall–Kier alpha value is -4.50. The standard InChI is InChI=1S/C50H50O16P4/c51-67(55-31-39-17-5-1-6-18-39,56-32-40-19-7-2-8-20-40)63-47-29-30-48(64-68(52,57-33-41-21-9-3-10-22-41)58-34-42-23-11-4-12-24-42)50(66-70(54)61-37-45-27-15-16-28-46(45)38-62-70)49(47)65-69(53)59-35-43-25-13-14-26-44(43)36-60-69/h1-30,47-50H,31-38H2/t47-,48-,49+,50+/m0/s1. The molecule has 20 heteroatoms. The maximum atomic E-state index is 15.1. The Balaban J connectivity index is 1.11. The third kappa shape index (κ3) is 13.7. The molecule has 0 radical (unpaired) electrons. The van der Waals surface area contributed by atoms with Gasteiger partial charge in [0, 0.05) is 0 Å². The molecule has 1 aliphatic carbocycles. The lowest BCUT2D eigenvalue weighted by atomic mass is 9.96. The van der Waals surface area contributed by atoms with E-state index in [-0.39, 0.29) is 52.9 Å². The Bertz CT molecular complexity index is 2520. The zero-order valence-electron chi connectivity index (χ0n) is 37.6. The highest BCUT2D eigenvalue weighted by molar-refractivity contribution is 7.49. The fourth-order valence-electron chi connectivity index (χ4n) is 7.41. The molecule has 0 bridgehead atoms. The van der Waals surface area contributed by atoms with Gasteiger partial charge >= 0.3 is 31.3 Å². The minimum Gasteiger partial charge on any atom is -0.282 e. The molecule has 366 valence electrons. The number of phosphoric acid groups is 4. The van der Waals surface area contributed by atoms with Crippen LogP contribution in [0.5, 0.6) is 0 Å². The van der Waals surface area contributed by atoms with E-state index >= 15 is 9.13 Å². The van der Waals surface area contributed by atoms with Crippen molar-refractivity contribution in [3.8, 4) is 0 Å². The molecular weight excluding hydrogens is 980 g/mol. The molecule has 9 rings (SSSR count). The predicted octanol–water partition coefficient (Wildman–Crippen LogP) is 12.9. The van der Waals surface area contributed by atoms with Crippen molar-refractivity contribution in [2.75, 3.05) is 0 Å². The van der Waals surface area contributed by atoms with Crippen LogP contribution in [0.25, 0.3) is 0 Å². The van der Waals surface area contributed by atoms with Gasteiger partial charge in [0.25, 0.3) is 0 Å². The molecule has 6 aromatic rings. The van der Waals surface area contributed by atoms with E-state index in [1.54, 1.807) is 146 Å². The summed E-state index contributed by atoms with van der Waals surface area (Å²) in [6, 6.07) is 50.1. The van der Waals surface area contributed by atoms with Crippen LogP contribution in [-0.2, 0) is 125 Å². The average molecular weight is 1030 g/mol. The number of fused-ring (bicyclic) bond motifs is 2. The van der Waals surface area contributed by atoms with Crippen LogP contribution in [0.3, 0.4) is 0 Å². The highest BCUT2D eigenvalue weighted by atomic mass is 31.2. The monoisotopic (exact) mass is 1030 g/mol. The molecule has 0 aromatic heterocycles. The second-order valence-corrected chi connectivity index (χ2v) is 22.6. The van der Waals surface area contributed by atoms with Gasteiger partial charge in [0.1, 0.15) is 24.4 Å². The lowest BCUT2D eigenvalue weighted by Gasteiger charge is -2.40. The quantitative estimate of drug-likeness (QED) is 0.0520. The van der Waals surface area contributed by atoms with E-state index in [2.05, 4.69) is 0 Å². The van der Waals surface area contributed by atoms with Crippen LogP contribution in [-0.4, -0.2) is 24.4 Å². The number of hydrogen-bond acceptors (Lipinski definition) is 16. The molecule has 0 amide bonds. The molecule has 0 unspecified atom stereocenters. The van der Waals surface area contributed by atoms with Gasteiger partial charge in [0.15, 0.2) is 0 Å². The third-order valence-electron chi connectivity index (χ3n) is 11.1. The van der Waals surface area contributed by atoms with Gasteiger partial charge in [0.2, 0.25) is 0 Å². The van der Waals surface area contributed by atoms with E-state index in [1.165, 1.54) is 12.2 Å². The van der Waals surface area contributed by atoms with Crippen LogP contribution in [0.1, 0.15) is 44.5 Å². The van der Waals surface area contributed by atoms with E-state index in [1.807, 2.05) is 24.3 Å². The molecule has 0 saturated carbocycles. The molecule has 0 N–H and O–H groups in total. The van der Waals surface area contributed by atoms with E-state index < -0.39 is 55.7 Å². The summed E-state index contributed by atoms with van der Waals surface area (Å²) in [6.45, 7) is -1.70. The fraction of sp³-hybridized carbons (Fsp3) is 0.240. The van der Waals surface area contributed by atoms with Crippen LogP contribution >= 0.6 is 31.3 Å². The third-order valence-corrected chi connectivity index (χ3v) is 16.7. The molecule has 0 saturated heterocycles. The number of rotatable bonds is 20. The highest BCUT2D eigenvalue weighted by Crippen LogP contribution is 2.62. The summed E-state index contributed by atoms with van der Waals surface area (Å²) in [5, 5.41) is 0. The molecule has 4 atom stereocenters. The molecule has 3 aliphatic rings. The SMILES string of the molecule is O=P1(O[C@H]2[C@H](OP3(=O)OCc4ccccc4CO3)[C@@H](OP(=O)(OCc3ccccc3)OCc3ccccc3)C=C[C@@H]2OP(=O)(OCc2ccccc2)OCc2ccccc2)OCc2ccccc2CO1. The first kappa shape index (κ1) is 50.4. The zero-order chi connectivity index (χ0) is 48.3. The Morgan fingerprint density at radius 2 is 0.629 bits per heavy atom. The van der Waals surface area contributed by atoms with Crippen LogP contribution in [0.2, 0.25) is 0 Å². The summed E-state index contributed by atoms with van der Waals surface area (Å²) in [5.41, 5.74) is 5.29. The topological polar surface area (TPSA) is 179 Å². The van der Waals surface area contributed by atoms with Crippen molar-refractivity contribution in [1.29, 1.82) is 0 Å². The zero-order valence-corrected chi connectivity index (χ0v) is 41.2. The van der Waals surface area contributed by atoms with E-state index in [0.717, 1.165) is 0 Å². The first-order valence-electron chi connectivity index (χ1n) is 22.3. The normalized spacial score (nSPS) is 20.9. The van der Waals surface area contributed by atoms with Gasteiger partial charge in [-0.2, -0.15) is 0 Å². The lowest BCUT2D eigenvalue weighted by molar-refractivity contribution is -0.0931. The van der Waals surface area contributed by atoms with Crippen molar-refractivity contribution in [2.24, 2.45) is 0 Å². The van der Waals surface area contributed by atoms with Crippen LogP contribution in [0.15, 0.2) is 182 Å². The van der Waals surface area contributed by atoms with Gasteiger partial charge in [-0.1, -0.05) is 182 Å². The van der Waals surface area contributed by atoms with Crippen LogP contribution < -0.4 is 0 Å². The van der Waals surface area contributed by atoms with E-state index in [4.69, 9.17) is 54.3 Å². The van der Waals surface area contributed by atoms with Crippen LogP contribution in [0, 0.1) is 0 Å². The van der Waals surface area contributed by atoms with Gasteiger partial charge in [-0.05, 0) is 44.5 Å². The van der Waals surface area contributed by atoms with Crippen molar-refractivity contribution in [3.05, 3.63) is 227 Å². The largest absolute Gasteiger partial charge is 0.476 e. The summed E-state index contributed by atoms with van der Waals surface area (Å²) >= 11 is 0. The molecule has 0 spiro atoms. The maximum absolute atomic E-state index is 15.1. The Morgan fingerprint density at radius 1 is 0.386 bits per heavy atom. The molecule has 16 nitrogen and oxygen atoms in total. The van der Waals surface area contributed by atoms with E-state index in [0.29, 0.717) is 44.5 Å². The lowest BCUT2D eigenvalue weighted by Crippen LogP contribution is -2.50. The molecule has 2 heterocycles. The van der Waals surface area contributed by atoms with Gasteiger partial charge < -0.3 is 0 Å². The first-order chi connectivity index (χ1) is 34.0. The van der Waals surface area contributed by atoms with E-state index in [9.17, 15) is 9.13 Å². The Labute approximate surface area is 406 Å². The molecule has 0 fully saturated rings. The summed E-state index contributed by atoms with van der Waals surface area (Å²) in [4.78, 5) is 0. The fourth-order valence-corrected chi connectivity index (χ4v) is 12.7. The van der Waals surface area contributed by atoms with Crippen molar-refractivity contribution >= 4 is 31.3 Å². The smallest absolute Gasteiger partial charge is 0.282 e. The number of benzene rings is 6. The number of phosphoric ester groups is 4. The summed E-state index contributed by atoms with van der Waals surface area (Å²) < 4.78 is 133. The molecule has 70 heavy (non-hydrogen) atoms. The van der Waals surface area contributed by atoms with Crippen molar-refractivity contribution < 1.29 is 72.5 Å². The van der Waals surface area contributed by atoms with Gasteiger partial charge in [-0.3, -0.25) is 54.3 Å². The van der Waals surface area contributed by atoms with Crippen molar-refractivity contribution in [1.82, 2.24) is 0 Å². The molecule has 2 aliphatic heterocycles. The first-order valence-corrected chi connectivity index (χ1v) is 28.1. The maximum Gasteiger partial charge on any atom is 0.476 e. The summed E-state index contributed by atoms with van der Waals surface area (Å²) in [7, 11) is -18.8. The predicted molar refractivity (Wildman–Crippen MR) is 256 cm³/mol. The van der Waals surface area contributed by atoms with Crippen LogP contribution in [0.4, 0.5) is 0 Å². The minimum absolute atomic E-state index is 0.204. The van der Waals surface area contributed by atoms with Gasteiger partial charge in [-0.25, -0.2) is 18.3 Å². The summed E-state index contributed by atoms with van der Waals surface area (Å²) in [6.07, 6.45) is -4.21. The molecular formula is C50H50O16P4. The van der Waals surface area contributed by atoms with Gasteiger partial charge in [-0.15, -0.1) is 0 Å². The average Bonchev–Trinajstić information content (AvgIpc) is 3.68. The van der Waals surface area contributed by atoms with Gasteiger partial charge in [0.05, 0.1) is 52.9 Å². The Morgan fingerprint density at radius 3 is 0.886 bits per heavy atom. The molecule has 6 aromatic carbocycles. The number of hydrogen-bond donors (Lipinski definition) is 0. The van der Waals surface area contributed by atoms with Crippen molar-refractivity contribution in [3.63, 3.8) is 0 Å². The minimum atomic E-state index is -4.71. The second kappa shape index (κ2) is 23.4. The second-order valence-electron chi connectivity index (χ2n) is 16.1. The van der Waals surface area contributed by atoms with Crippen molar-refractivity contribution in [2.45, 2.75) is 77.3 Å². The Kier molecular flexibility index (Phi) is 16.8.